The van der Waals surface area contributed by atoms with Gasteiger partial charge >= 0.3 is 185 Å². The fourth-order valence-corrected chi connectivity index (χ4v) is 6.06. The number of fused-ring (bicyclic) bond motifs is 2. The summed E-state index contributed by atoms with van der Waals surface area (Å²) >= 11 is -0.621. The summed E-state index contributed by atoms with van der Waals surface area (Å²) in [6.45, 7) is 9.60. The van der Waals surface area contributed by atoms with Crippen LogP contribution >= 0.6 is 0 Å². The van der Waals surface area contributed by atoms with Gasteiger partial charge in [0.2, 0.25) is 0 Å². The van der Waals surface area contributed by atoms with Crippen molar-refractivity contribution in [2.45, 2.75) is 39.5 Å². The van der Waals surface area contributed by atoms with Gasteiger partial charge in [-0.25, -0.2) is 0 Å². The summed E-state index contributed by atoms with van der Waals surface area (Å²) in [6, 6.07) is 14.3. The summed E-state index contributed by atoms with van der Waals surface area (Å²) in [5.74, 6) is 0.800. The first kappa shape index (κ1) is 22.8. The number of amides is 2. The summed E-state index contributed by atoms with van der Waals surface area (Å²) in [5, 5.41) is 0. The molecule has 0 bridgehead atoms. The van der Waals surface area contributed by atoms with Crippen LogP contribution in [0, 0.1) is 0 Å². The van der Waals surface area contributed by atoms with Crippen LogP contribution in [0.2, 0.25) is 0 Å². The zero-order valence-electron chi connectivity index (χ0n) is 19.7. The topological polar surface area (TPSA) is 81.8 Å². The predicted molar refractivity (Wildman–Crippen MR) is 133 cm³/mol. The van der Waals surface area contributed by atoms with E-state index >= 15 is 0 Å². The van der Waals surface area contributed by atoms with Crippen molar-refractivity contribution in [2.75, 3.05) is 31.1 Å². The van der Waals surface area contributed by atoms with E-state index in [4.69, 9.17) is 9.72 Å². The third-order valence-electron chi connectivity index (χ3n) is 6.02. The Morgan fingerprint density at radius 3 is 2.29 bits per heavy atom. The van der Waals surface area contributed by atoms with Gasteiger partial charge in [-0.05, 0) is 20.8 Å². The van der Waals surface area contributed by atoms with E-state index < -0.39 is 21.4 Å². The summed E-state index contributed by atoms with van der Waals surface area (Å²) in [4.78, 5) is 39.3. The average Bonchev–Trinajstić information content (AvgIpc) is 3.42. The number of ether oxygens (including phenoxy) is 1. The molecule has 1 fully saturated rings. The number of hydrogen-bond acceptors (Lipinski definition) is 5. The van der Waals surface area contributed by atoms with Crippen molar-refractivity contribution < 1.29 is 14.3 Å². The number of anilines is 1. The van der Waals surface area contributed by atoms with E-state index in [0.29, 0.717) is 39.3 Å². The molecule has 2 aliphatic rings. The van der Waals surface area contributed by atoms with Gasteiger partial charge in [-0.1, -0.05) is 0 Å². The van der Waals surface area contributed by atoms with Gasteiger partial charge in [0.25, 0.3) is 0 Å². The molecule has 5 rings (SSSR count). The standard InChI is InChI=1S/C25H29AsN5O3/c1-25(2,3)34-24(33)30-12-10-29(11-13-30)23-27-20-9-8-19(14-21(20)28-23)26-22(32)31-15-17-6-4-5-7-18(17)16-31/h4-9,14H,10-13,15-16H2,1-3H3,(H,27,28). The molecule has 0 aliphatic carbocycles. The van der Waals surface area contributed by atoms with E-state index in [9.17, 15) is 9.59 Å². The number of imidazole rings is 1. The van der Waals surface area contributed by atoms with Crippen LogP contribution in [-0.4, -0.2) is 78.1 Å². The fourth-order valence-electron chi connectivity index (χ4n) is 4.28. The SMILES string of the molecule is CC(C)(C)OC(=O)N1CCN(c2nc3ccc([As]C(=O)N4Cc5ccccc5C4)cc3[nH]2)CC1. The molecule has 177 valence electrons. The van der Waals surface area contributed by atoms with Crippen LogP contribution in [0.25, 0.3) is 11.0 Å². The Bertz CT molecular complexity index is 1200. The first-order chi connectivity index (χ1) is 16.2. The second-order valence-corrected chi connectivity index (χ2v) is 12.1. The van der Waals surface area contributed by atoms with Crippen LogP contribution < -0.4 is 9.25 Å². The van der Waals surface area contributed by atoms with Crippen molar-refractivity contribution >= 4 is 47.9 Å². The molecule has 2 aromatic carbocycles. The van der Waals surface area contributed by atoms with Crippen LogP contribution in [0.5, 0.6) is 0 Å². The zero-order valence-corrected chi connectivity index (χ0v) is 21.6. The van der Waals surface area contributed by atoms with Gasteiger partial charge in [0.1, 0.15) is 0 Å². The Morgan fingerprint density at radius 2 is 1.65 bits per heavy atom. The first-order valence-corrected chi connectivity index (χ1v) is 13.4. The van der Waals surface area contributed by atoms with Crippen molar-refractivity contribution in [2.24, 2.45) is 0 Å². The quantitative estimate of drug-likeness (QED) is 0.535. The number of benzene rings is 2. The van der Waals surface area contributed by atoms with Gasteiger partial charge in [-0.15, -0.1) is 0 Å². The molecule has 1 saturated heterocycles. The van der Waals surface area contributed by atoms with Crippen molar-refractivity contribution in [3.63, 3.8) is 0 Å². The molecule has 34 heavy (non-hydrogen) atoms. The van der Waals surface area contributed by atoms with Gasteiger partial charge in [-0.3, -0.25) is 0 Å². The van der Waals surface area contributed by atoms with Gasteiger partial charge in [0, 0.05) is 0 Å². The number of carbonyl (C=O) groups is 2. The molecule has 1 N–H and O–H groups in total. The number of nitrogens with one attached hydrogen (secondary N) is 1. The first-order valence-electron chi connectivity index (χ1n) is 11.6. The second-order valence-electron chi connectivity index (χ2n) is 9.74. The van der Waals surface area contributed by atoms with Crippen molar-refractivity contribution in [1.82, 2.24) is 19.8 Å². The number of aromatic amines is 1. The summed E-state index contributed by atoms with van der Waals surface area (Å²) < 4.78 is 6.77. The van der Waals surface area contributed by atoms with Gasteiger partial charge in [0.15, 0.2) is 0 Å². The van der Waals surface area contributed by atoms with E-state index in [0.717, 1.165) is 21.3 Å². The van der Waals surface area contributed by atoms with Gasteiger partial charge in [0.05, 0.1) is 0 Å². The number of H-pyrrole nitrogens is 1. The molecule has 1 aromatic heterocycles. The number of hydrogen-bond donors (Lipinski definition) is 1. The van der Waals surface area contributed by atoms with E-state index in [1.165, 1.54) is 11.1 Å². The molecule has 1 radical (unpaired) electrons. The molecule has 0 spiro atoms. The van der Waals surface area contributed by atoms with Crippen molar-refractivity contribution in [3.8, 4) is 0 Å². The number of nitrogens with zero attached hydrogens (tertiary/aromatic N) is 4. The van der Waals surface area contributed by atoms with E-state index in [1.807, 2.05) is 49.9 Å². The molecular formula is C25H29AsN5O3. The van der Waals surface area contributed by atoms with Crippen molar-refractivity contribution in [3.05, 3.63) is 53.6 Å². The maximum atomic E-state index is 12.9. The Kier molecular flexibility index (Phi) is 6.02. The Balaban J connectivity index is 1.21. The van der Waals surface area contributed by atoms with Crippen LogP contribution in [-0.2, 0) is 17.8 Å². The minimum atomic E-state index is -0.621. The molecule has 3 heterocycles. The van der Waals surface area contributed by atoms with Crippen molar-refractivity contribution in [1.29, 1.82) is 0 Å². The van der Waals surface area contributed by atoms with Gasteiger partial charge < -0.3 is 0 Å². The minimum absolute atomic E-state index is 0.227. The Morgan fingerprint density at radius 1 is 0.971 bits per heavy atom. The molecule has 9 heteroatoms. The van der Waals surface area contributed by atoms with Crippen LogP contribution in [0.15, 0.2) is 42.5 Å². The maximum absolute atomic E-state index is 12.9. The molecule has 8 nitrogen and oxygen atoms in total. The number of piperazine rings is 1. The van der Waals surface area contributed by atoms with E-state index in [-0.39, 0.29) is 10.8 Å². The number of rotatable bonds is 3. The molecule has 0 unspecified atom stereocenters. The third kappa shape index (κ3) is 4.92. The molecule has 2 amide bonds. The third-order valence-corrected chi connectivity index (χ3v) is 8.14. The predicted octanol–water partition coefficient (Wildman–Crippen LogP) is 3.09. The summed E-state index contributed by atoms with van der Waals surface area (Å²) in [7, 11) is 0. The summed E-state index contributed by atoms with van der Waals surface area (Å²) in [6.07, 6.45) is -0.268. The number of aromatic nitrogens is 2. The van der Waals surface area contributed by atoms with Gasteiger partial charge in [-0.2, -0.15) is 0 Å². The number of carbonyl (C=O) groups excluding carboxylic acids is 2. The van der Waals surface area contributed by atoms with Crippen LogP contribution in [0.1, 0.15) is 31.9 Å². The van der Waals surface area contributed by atoms with E-state index in [1.54, 1.807) is 4.90 Å². The molecule has 2 aliphatic heterocycles. The second kappa shape index (κ2) is 8.99. The summed E-state index contributed by atoms with van der Waals surface area (Å²) in [5.41, 5.74) is 3.83. The molecule has 0 atom stereocenters. The average molecular weight is 522 g/mol. The normalized spacial score (nSPS) is 16.5. The van der Waals surface area contributed by atoms with E-state index in [2.05, 4.69) is 28.1 Å². The van der Waals surface area contributed by atoms with Crippen LogP contribution in [0.4, 0.5) is 15.5 Å². The molecular weight excluding hydrogens is 493 g/mol. The Labute approximate surface area is 205 Å². The zero-order chi connectivity index (χ0) is 23.9. The fraction of sp³-hybridized carbons (Fsp3) is 0.400. The molecule has 3 aromatic rings. The van der Waals surface area contributed by atoms with Crippen LogP contribution in [0.3, 0.4) is 0 Å². The Hall–Kier alpha value is -2.99. The molecule has 0 saturated carbocycles. The monoisotopic (exact) mass is 522 g/mol.